The number of amides is 1. The average molecular weight is 361 g/mol. The molecule has 1 saturated heterocycles. The Balaban J connectivity index is 1.84. The van der Waals surface area contributed by atoms with Crippen LogP contribution in [0.3, 0.4) is 0 Å². The zero-order valence-electron chi connectivity index (χ0n) is 13.3. The fourth-order valence-electron chi connectivity index (χ4n) is 2.88. The van der Waals surface area contributed by atoms with E-state index >= 15 is 0 Å². The maximum Gasteiger partial charge on any atom is 0.252 e. The van der Waals surface area contributed by atoms with Crippen molar-refractivity contribution < 1.29 is 4.79 Å². The van der Waals surface area contributed by atoms with E-state index in [1.165, 1.54) is 11.3 Å². The van der Waals surface area contributed by atoms with Crippen LogP contribution in [0.2, 0.25) is 5.02 Å². The predicted octanol–water partition coefficient (Wildman–Crippen LogP) is 3.76. The molecular weight excluding hydrogens is 344 g/mol. The van der Waals surface area contributed by atoms with Crippen LogP contribution in [-0.4, -0.2) is 34.9 Å². The van der Waals surface area contributed by atoms with E-state index in [0.717, 1.165) is 24.1 Å². The van der Waals surface area contributed by atoms with Crippen LogP contribution in [0.25, 0.3) is 11.3 Å². The first-order valence-electron chi connectivity index (χ1n) is 7.83. The van der Waals surface area contributed by atoms with E-state index in [9.17, 15) is 4.79 Å². The molecule has 2 heterocycles. The molecule has 0 saturated carbocycles. The summed E-state index contributed by atoms with van der Waals surface area (Å²) >= 11 is 7.46. The molecule has 0 radical (unpaired) electrons. The highest BCUT2D eigenvalue weighted by Gasteiger charge is 2.34. The molecule has 0 aliphatic carbocycles. The predicted molar refractivity (Wildman–Crippen MR) is 95.9 cm³/mol. The molecule has 1 aromatic carbocycles. The van der Waals surface area contributed by atoms with Gasteiger partial charge < -0.3 is 0 Å². The van der Waals surface area contributed by atoms with Crippen molar-refractivity contribution in [3.05, 3.63) is 34.7 Å². The van der Waals surface area contributed by atoms with Crippen molar-refractivity contribution in [1.82, 2.24) is 9.88 Å². The van der Waals surface area contributed by atoms with Gasteiger partial charge in [-0.3, -0.25) is 14.6 Å². The summed E-state index contributed by atoms with van der Waals surface area (Å²) in [5.41, 5.74) is 1.72. The number of anilines is 1. The minimum atomic E-state index is -0.367. The molecule has 0 unspecified atom stereocenters. The number of nitrogens with zero attached hydrogens (tertiary/aromatic N) is 4. The van der Waals surface area contributed by atoms with Crippen molar-refractivity contribution in [3.8, 4) is 17.5 Å². The highest BCUT2D eigenvalue weighted by atomic mass is 35.5. The summed E-state index contributed by atoms with van der Waals surface area (Å²) < 4.78 is 0. The molecule has 1 aromatic heterocycles. The van der Waals surface area contributed by atoms with E-state index in [0.29, 0.717) is 23.2 Å². The van der Waals surface area contributed by atoms with Gasteiger partial charge in [0.1, 0.15) is 6.04 Å². The number of rotatable bonds is 4. The van der Waals surface area contributed by atoms with Crippen molar-refractivity contribution in [2.45, 2.75) is 25.8 Å². The third-order valence-corrected chi connectivity index (χ3v) is 5.19. The number of likely N-dealkylation sites (N-methyl/N-ethyl adjacent to an activating group) is 1. The summed E-state index contributed by atoms with van der Waals surface area (Å²) in [6.45, 7) is 3.09. The summed E-state index contributed by atoms with van der Waals surface area (Å²) in [6, 6.07) is 7.12. The fraction of sp³-hybridized carbons (Fsp3) is 0.353. The lowest BCUT2D eigenvalue weighted by Crippen LogP contribution is -2.44. The molecule has 124 valence electrons. The Morgan fingerprint density at radius 3 is 3.12 bits per heavy atom. The number of nitriles is 1. The van der Waals surface area contributed by atoms with E-state index < -0.39 is 0 Å². The van der Waals surface area contributed by atoms with Gasteiger partial charge in [-0.05, 0) is 31.9 Å². The van der Waals surface area contributed by atoms with Crippen LogP contribution in [0.5, 0.6) is 0 Å². The Morgan fingerprint density at radius 2 is 2.42 bits per heavy atom. The van der Waals surface area contributed by atoms with E-state index in [1.54, 1.807) is 9.80 Å². The van der Waals surface area contributed by atoms with Gasteiger partial charge in [-0.25, -0.2) is 4.98 Å². The first kappa shape index (κ1) is 16.7. The Morgan fingerprint density at radius 1 is 1.58 bits per heavy atom. The van der Waals surface area contributed by atoms with Gasteiger partial charge in [0.2, 0.25) is 0 Å². The lowest BCUT2D eigenvalue weighted by molar-refractivity contribution is -0.121. The first-order chi connectivity index (χ1) is 11.6. The number of likely N-dealkylation sites (tertiary alicyclic amines) is 1. The molecule has 1 fully saturated rings. The van der Waals surface area contributed by atoms with Gasteiger partial charge in [-0.2, -0.15) is 5.26 Å². The Bertz CT molecular complexity index is 785. The van der Waals surface area contributed by atoms with Gasteiger partial charge in [0.25, 0.3) is 5.91 Å². The smallest absolute Gasteiger partial charge is 0.252 e. The van der Waals surface area contributed by atoms with Gasteiger partial charge in [0.15, 0.2) is 11.3 Å². The third kappa shape index (κ3) is 3.23. The normalized spacial score (nSPS) is 16.9. The van der Waals surface area contributed by atoms with E-state index in [2.05, 4.69) is 11.2 Å². The van der Waals surface area contributed by atoms with Crippen molar-refractivity contribution in [3.63, 3.8) is 0 Å². The standard InChI is InChI=1S/C17H17ClN4OS/c1-2-22(16(23)15-7-4-8-21(15)11-19)17-20-14(10-24-17)12-5-3-6-13(18)9-12/h3,5-6,9-10,15H,2,4,7-8H2,1H3/t15-/m0/s1. The van der Waals surface area contributed by atoms with E-state index in [1.807, 2.05) is 36.6 Å². The Labute approximate surface area is 150 Å². The number of halogens is 1. The molecule has 1 amide bonds. The van der Waals surface area contributed by atoms with E-state index in [4.69, 9.17) is 16.9 Å². The van der Waals surface area contributed by atoms with Crippen LogP contribution in [0.4, 0.5) is 5.13 Å². The fourth-order valence-corrected chi connectivity index (χ4v) is 3.97. The van der Waals surface area contributed by atoms with Crippen molar-refractivity contribution in [2.24, 2.45) is 0 Å². The number of thiazole rings is 1. The maximum absolute atomic E-state index is 12.8. The van der Waals surface area contributed by atoms with Gasteiger partial charge in [-0.1, -0.05) is 23.7 Å². The largest absolute Gasteiger partial charge is 0.298 e. The molecule has 0 spiro atoms. The second-order valence-electron chi connectivity index (χ2n) is 5.56. The van der Waals surface area contributed by atoms with Crippen LogP contribution in [0.1, 0.15) is 19.8 Å². The minimum Gasteiger partial charge on any atom is -0.298 e. The number of benzene rings is 1. The minimum absolute atomic E-state index is 0.0523. The molecule has 1 atom stereocenters. The number of aromatic nitrogens is 1. The molecule has 2 aromatic rings. The second kappa shape index (κ2) is 7.20. The summed E-state index contributed by atoms with van der Waals surface area (Å²) in [7, 11) is 0. The Hall–Kier alpha value is -2.10. The topological polar surface area (TPSA) is 60.2 Å². The lowest BCUT2D eigenvalue weighted by Gasteiger charge is -2.24. The maximum atomic E-state index is 12.8. The monoisotopic (exact) mass is 360 g/mol. The molecule has 7 heteroatoms. The third-order valence-electron chi connectivity index (χ3n) is 4.09. The average Bonchev–Trinajstić information content (AvgIpc) is 3.24. The molecule has 0 bridgehead atoms. The van der Waals surface area contributed by atoms with Crippen molar-refractivity contribution in [1.29, 1.82) is 5.26 Å². The molecule has 1 aliphatic rings. The second-order valence-corrected chi connectivity index (χ2v) is 6.83. The molecule has 3 rings (SSSR count). The molecule has 24 heavy (non-hydrogen) atoms. The van der Waals surface area contributed by atoms with Gasteiger partial charge in [-0.15, -0.1) is 11.3 Å². The van der Waals surface area contributed by atoms with Crippen LogP contribution < -0.4 is 4.90 Å². The highest BCUT2D eigenvalue weighted by Crippen LogP contribution is 2.30. The first-order valence-corrected chi connectivity index (χ1v) is 9.09. The van der Waals surface area contributed by atoms with Gasteiger partial charge in [0.05, 0.1) is 5.69 Å². The molecular formula is C17H17ClN4OS. The number of carbonyl (C=O) groups excluding carboxylic acids is 1. The zero-order valence-corrected chi connectivity index (χ0v) is 14.8. The van der Waals surface area contributed by atoms with Crippen LogP contribution >= 0.6 is 22.9 Å². The quantitative estimate of drug-likeness (QED) is 0.779. The molecule has 1 aliphatic heterocycles. The van der Waals surface area contributed by atoms with Crippen LogP contribution in [0, 0.1) is 11.5 Å². The summed E-state index contributed by atoms with van der Waals surface area (Å²) in [5, 5.41) is 12.4. The summed E-state index contributed by atoms with van der Waals surface area (Å²) in [6.07, 6.45) is 3.70. The van der Waals surface area contributed by atoms with Crippen LogP contribution in [0.15, 0.2) is 29.6 Å². The summed E-state index contributed by atoms with van der Waals surface area (Å²) in [4.78, 5) is 20.7. The Kier molecular flexibility index (Phi) is 5.03. The van der Waals surface area contributed by atoms with Crippen molar-refractivity contribution in [2.75, 3.05) is 18.0 Å². The van der Waals surface area contributed by atoms with Crippen LogP contribution in [-0.2, 0) is 4.79 Å². The lowest BCUT2D eigenvalue weighted by atomic mass is 10.2. The van der Waals surface area contributed by atoms with E-state index in [-0.39, 0.29) is 11.9 Å². The molecule has 5 nitrogen and oxygen atoms in total. The van der Waals surface area contributed by atoms with Gasteiger partial charge in [0, 0.05) is 29.1 Å². The number of hydrogen-bond acceptors (Lipinski definition) is 5. The number of carbonyl (C=O) groups is 1. The highest BCUT2D eigenvalue weighted by molar-refractivity contribution is 7.14. The van der Waals surface area contributed by atoms with Crippen molar-refractivity contribution >= 4 is 34.0 Å². The zero-order chi connectivity index (χ0) is 17.1. The SMILES string of the molecule is CCN(C(=O)[C@@H]1CCCN1C#N)c1nc(-c2cccc(Cl)c2)cs1. The summed E-state index contributed by atoms with van der Waals surface area (Å²) in [5.74, 6) is -0.0523. The van der Waals surface area contributed by atoms with Gasteiger partial charge >= 0.3 is 0 Å². The number of hydrogen-bond donors (Lipinski definition) is 0. The molecule has 0 N–H and O–H groups in total.